The van der Waals surface area contributed by atoms with Crippen LogP contribution >= 0.6 is 11.3 Å². The van der Waals surface area contributed by atoms with E-state index in [9.17, 15) is 9.59 Å². The number of carboxylic acids is 1. The summed E-state index contributed by atoms with van der Waals surface area (Å²) in [5.41, 5.74) is 0.819. The minimum atomic E-state index is -0.983. The molecule has 6 nitrogen and oxygen atoms in total. The Morgan fingerprint density at radius 3 is 2.42 bits per heavy atom. The first-order valence-corrected chi connectivity index (χ1v) is 8.30. The molecule has 1 fully saturated rings. The Morgan fingerprint density at radius 1 is 1.12 bits per heavy atom. The monoisotopic (exact) mass is 341 g/mol. The Kier molecular flexibility index (Phi) is 4.77. The number of piperazine rings is 1. The summed E-state index contributed by atoms with van der Waals surface area (Å²) in [7, 11) is 0. The molecule has 2 heterocycles. The Bertz CT molecular complexity index is 783. The van der Waals surface area contributed by atoms with E-state index in [1.165, 1.54) is 12.1 Å². The van der Waals surface area contributed by atoms with Crippen molar-refractivity contribution in [1.29, 1.82) is 0 Å². The van der Waals surface area contributed by atoms with Crippen LogP contribution in [0.25, 0.3) is 0 Å². The van der Waals surface area contributed by atoms with Crippen LogP contribution in [-0.4, -0.2) is 53.0 Å². The largest absolute Gasteiger partial charge is 0.478 e. The summed E-state index contributed by atoms with van der Waals surface area (Å²) in [5, 5.41) is 11.8. The number of thiazole rings is 1. The molecule has 1 N–H and O–H groups in total. The van der Waals surface area contributed by atoms with E-state index in [2.05, 4.69) is 21.7 Å². The molecular weight excluding hydrogens is 326 g/mol. The highest BCUT2D eigenvalue weighted by Crippen LogP contribution is 2.18. The summed E-state index contributed by atoms with van der Waals surface area (Å²) >= 11 is 1.59. The van der Waals surface area contributed by atoms with Crippen LogP contribution in [0.1, 0.15) is 15.9 Å². The lowest BCUT2D eigenvalue weighted by atomic mass is 10.1. The van der Waals surface area contributed by atoms with E-state index in [0.29, 0.717) is 18.7 Å². The Labute approximate surface area is 143 Å². The third kappa shape index (κ3) is 3.73. The zero-order valence-corrected chi connectivity index (χ0v) is 13.6. The second-order valence-electron chi connectivity index (χ2n) is 5.23. The number of carbonyl (C=O) groups excluding carboxylic acids is 1. The van der Waals surface area contributed by atoms with Crippen molar-refractivity contribution < 1.29 is 14.7 Å². The number of aromatic carboxylic acids is 1. The zero-order valence-electron chi connectivity index (χ0n) is 12.8. The molecule has 0 aliphatic carbocycles. The third-order valence-electron chi connectivity index (χ3n) is 3.70. The number of rotatable bonds is 2. The van der Waals surface area contributed by atoms with Crippen molar-refractivity contribution in [2.24, 2.45) is 0 Å². The van der Waals surface area contributed by atoms with Crippen LogP contribution in [0.3, 0.4) is 0 Å². The molecule has 1 aliphatic rings. The van der Waals surface area contributed by atoms with Crippen molar-refractivity contribution in [1.82, 2.24) is 9.88 Å². The fourth-order valence-corrected chi connectivity index (χ4v) is 3.07. The predicted octanol–water partition coefficient (Wildman–Crippen LogP) is 1.54. The number of aromatic nitrogens is 1. The second kappa shape index (κ2) is 7.15. The molecule has 24 heavy (non-hydrogen) atoms. The fraction of sp³-hybridized carbons (Fsp3) is 0.235. The van der Waals surface area contributed by atoms with E-state index >= 15 is 0 Å². The average Bonchev–Trinajstić information content (AvgIpc) is 3.15. The number of hydrogen-bond acceptors (Lipinski definition) is 5. The number of hydrogen-bond donors (Lipinski definition) is 1. The summed E-state index contributed by atoms with van der Waals surface area (Å²) < 4.78 is 0. The Morgan fingerprint density at radius 2 is 1.83 bits per heavy atom. The van der Waals surface area contributed by atoms with Gasteiger partial charge in [0.15, 0.2) is 5.13 Å². The number of carboxylic acid groups (broad SMARTS) is 1. The highest BCUT2D eigenvalue weighted by Gasteiger charge is 2.21. The molecule has 122 valence electrons. The summed E-state index contributed by atoms with van der Waals surface area (Å²) in [5.74, 6) is 4.22. The Balaban J connectivity index is 1.57. The summed E-state index contributed by atoms with van der Waals surface area (Å²) in [6.07, 6.45) is 1.78. The predicted molar refractivity (Wildman–Crippen MR) is 91.2 cm³/mol. The first-order valence-electron chi connectivity index (χ1n) is 7.42. The quantitative estimate of drug-likeness (QED) is 0.839. The van der Waals surface area contributed by atoms with E-state index in [1.54, 1.807) is 34.6 Å². The van der Waals surface area contributed by atoms with Crippen LogP contribution in [0, 0.1) is 11.8 Å². The molecule has 1 amide bonds. The van der Waals surface area contributed by atoms with Gasteiger partial charge in [0.05, 0.1) is 5.56 Å². The molecule has 1 aromatic heterocycles. The maximum absolute atomic E-state index is 12.2. The number of carbonyl (C=O) groups is 2. The van der Waals surface area contributed by atoms with Crippen molar-refractivity contribution in [3.8, 4) is 11.8 Å². The lowest BCUT2D eigenvalue weighted by molar-refractivity contribution is -0.125. The van der Waals surface area contributed by atoms with Gasteiger partial charge >= 0.3 is 5.97 Å². The van der Waals surface area contributed by atoms with Crippen LogP contribution in [0.15, 0.2) is 35.8 Å². The van der Waals surface area contributed by atoms with Crippen molar-refractivity contribution in [3.05, 3.63) is 47.0 Å². The molecule has 1 saturated heterocycles. The van der Waals surface area contributed by atoms with Crippen LogP contribution in [0.4, 0.5) is 5.13 Å². The van der Waals surface area contributed by atoms with E-state index in [-0.39, 0.29) is 11.5 Å². The van der Waals surface area contributed by atoms with Gasteiger partial charge < -0.3 is 14.9 Å². The lowest BCUT2D eigenvalue weighted by Crippen LogP contribution is -2.48. The van der Waals surface area contributed by atoms with Crippen molar-refractivity contribution in [2.75, 3.05) is 31.1 Å². The smallest absolute Gasteiger partial charge is 0.335 e. The number of nitrogens with zero attached hydrogens (tertiary/aromatic N) is 3. The van der Waals surface area contributed by atoms with Gasteiger partial charge in [-0.05, 0) is 24.3 Å². The average molecular weight is 341 g/mol. The van der Waals surface area contributed by atoms with Crippen LogP contribution in [-0.2, 0) is 4.79 Å². The molecule has 1 aromatic carbocycles. The van der Waals surface area contributed by atoms with Gasteiger partial charge in [0.2, 0.25) is 0 Å². The SMILES string of the molecule is O=C(O)c1ccc(C#CC(=O)N2CCN(c3nccs3)CC2)cc1. The van der Waals surface area contributed by atoms with Gasteiger partial charge in [0, 0.05) is 49.2 Å². The molecule has 3 rings (SSSR count). The van der Waals surface area contributed by atoms with Crippen LogP contribution in [0.2, 0.25) is 0 Å². The van der Waals surface area contributed by atoms with Crippen molar-refractivity contribution in [3.63, 3.8) is 0 Å². The summed E-state index contributed by atoms with van der Waals surface area (Å²) in [4.78, 5) is 31.1. The maximum Gasteiger partial charge on any atom is 0.335 e. The highest BCUT2D eigenvalue weighted by molar-refractivity contribution is 7.13. The van der Waals surface area contributed by atoms with Crippen molar-refractivity contribution >= 4 is 28.3 Å². The molecule has 0 bridgehead atoms. The first-order chi connectivity index (χ1) is 11.6. The Hall–Kier alpha value is -2.85. The second-order valence-corrected chi connectivity index (χ2v) is 6.10. The normalized spacial score (nSPS) is 14.0. The molecule has 0 unspecified atom stereocenters. The standard InChI is InChI=1S/C17H15N3O3S/c21-15(6-3-13-1-4-14(5-2-13)16(22)23)19-8-10-20(11-9-19)17-18-7-12-24-17/h1-2,4-5,7,12H,8-11H2,(H,22,23). The molecule has 0 spiro atoms. The van der Waals surface area contributed by atoms with E-state index in [4.69, 9.17) is 5.11 Å². The topological polar surface area (TPSA) is 73.7 Å². The van der Waals surface area contributed by atoms with Gasteiger partial charge in [-0.3, -0.25) is 4.79 Å². The summed E-state index contributed by atoms with van der Waals surface area (Å²) in [6.45, 7) is 2.72. The van der Waals surface area contributed by atoms with E-state index in [0.717, 1.165) is 18.2 Å². The van der Waals surface area contributed by atoms with Crippen molar-refractivity contribution in [2.45, 2.75) is 0 Å². The fourth-order valence-electron chi connectivity index (χ4n) is 2.37. The lowest BCUT2D eigenvalue weighted by Gasteiger charge is -2.33. The van der Waals surface area contributed by atoms with Gasteiger partial charge in [-0.25, -0.2) is 9.78 Å². The number of anilines is 1. The summed E-state index contributed by atoms with van der Waals surface area (Å²) in [6, 6.07) is 6.15. The molecule has 1 aliphatic heterocycles. The van der Waals surface area contributed by atoms with Crippen LogP contribution < -0.4 is 4.90 Å². The van der Waals surface area contributed by atoms with E-state index < -0.39 is 5.97 Å². The molecule has 0 radical (unpaired) electrons. The van der Waals surface area contributed by atoms with Gasteiger partial charge in [-0.15, -0.1) is 11.3 Å². The molecule has 0 atom stereocenters. The first kappa shape index (κ1) is 16.0. The maximum atomic E-state index is 12.2. The molecule has 7 heteroatoms. The van der Waals surface area contributed by atoms with Gasteiger partial charge in [-0.2, -0.15) is 0 Å². The van der Waals surface area contributed by atoms with Gasteiger partial charge in [-0.1, -0.05) is 5.92 Å². The third-order valence-corrected chi connectivity index (χ3v) is 4.53. The molecule has 2 aromatic rings. The molecule has 0 saturated carbocycles. The highest BCUT2D eigenvalue weighted by atomic mass is 32.1. The minimum absolute atomic E-state index is 0.199. The molecular formula is C17H15N3O3S. The number of amides is 1. The zero-order chi connectivity index (χ0) is 16.9. The van der Waals surface area contributed by atoms with E-state index in [1.807, 2.05) is 5.38 Å². The number of benzene rings is 1. The minimum Gasteiger partial charge on any atom is -0.478 e. The van der Waals surface area contributed by atoms with Gasteiger partial charge in [0.1, 0.15) is 0 Å². The van der Waals surface area contributed by atoms with Crippen LogP contribution in [0.5, 0.6) is 0 Å². The van der Waals surface area contributed by atoms with Gasteiger partial charge in [0.25, 0.3) is 5.91 Å².